The van der Waals surface area contributed by atoms with E-state index in [0.717, 1.165) is 19.3 Å². The molecule has 0 saturated carbocycles. The number of nitrogens with two attached hydrogens (primary N) is 2. The molecule has 1 rings (SSSR count). The van der Waals surface area contributed by atoms with Crippen LogP contribution in [0.25, 0.3) is 0 Å². The number of aliphatic imine (C=N–C) groups is 1. The fourth-order valence-corrected chi connectivity index (χ4v) is 4.15. The zero-order valence-electron chi connectivity index (χ0n) is 22.2. The first kappa shape index (κ1) is 31.2. The molecule has 11 heteroatoms. The van der Waals surface area contributed by atoms with Gasteiger partial charge in [0.25, 0.3) is 0 Å². The molecule has 1 saturated heterocycles. The molecule has 0 bridgehead atoms. The highest BCUT2D eigenvalue weighted by Crippen LogP contribution is 2.13. The van der Waals surface area contributed by atoms with Crippen molar-refractivity contribution in [1.82, 2.24) is 21.3 Å². The third-order valence-electron chi connectivity index (χ3n) is 6.22. The van der Waals surface area contributed by atoms with Gasteiger partial charge in [0.2, 0.25) is 23.6 Å². The van der Waals surface area contributed by atoms with E-state index in [-0.39, 0.29) is 49.1 Å². The normalized spacial score (nSPS) is 21.8. The van der Waals surface area contributed by atoms with Crippen LogP contribution in [-0.2, 0) is 19.2 Å². The van der Waals surface area contributed by atoms with Crippen molar-refractivity contribution in [3.8, 4) is 0 Å². The SMILES string of the molecule is CCCCCCCCCC1CC(=O)NCC(=O)N[C@@H](CCCN=C(N)N)C(=O)NC(C(C)C)C(=O)N1. The minimum absolute atomic E-state index is 0.0521. The Kier molecular flexibility index (Phi) is 15.2. The number of hydrogen-bond acceptors (Lipinski definition) is 5. The van der Waals surface area contributed by atoms with Gasteiger partial charge in [-0.05, 0) is 25.2 Å². The van der Waals surface area contributed by atoms with E-state index in [2.05, 4.69) is 33.2 Å². The quantitative estimate of drug-likeness (QED) is 0.121. The van der Waals surface area contributed by atoms with Crippen molar-refractivity contribution in [2.45, 2.75) is 110 Å². The minimum atomic E-state index is -0.887. The van der Waals surface area contributed by atoms with E-state index in [1.807, 2.05) is 13.8 Å². The van der Waals surface area contributed by atoms with Crippen LogP contribution in [0.5, 0.6) is 0 Å². The highest BCUT2D eigenvalue weighted by atomic mass is 16.2. The summed E-state index contributed by atoms with van der Waals surface area (Å²) in [5, 5.41) is 11.0. The van der Waals surface area contributed by atoms with Gasteiger partial charge in [-0.25, -0.2) is 0 Å². The average molecular weight is 510 g/mol. The fraction of sp³-hybridized carbons (Fsp3) is 0.800. The highest BCUT2D eigenvalue weighted by molar-refractivity contribution is 5.94. The van der Waals surface area contributed by atoms with Crippen molar-refractivity contribution in [3.05, 3.63) is 0 Å². The van der Waals surface area contributed by atoms with E-state index in [0.29, 0.717) is 19.4 Å². The maximum Gasteiger partial charge on any atom is 0.243 e. The van der Waals surface area contributed by atoms with Gasteiger partial charge in [-0.15, -0.1) is 0 Å². The second-order valence-corrected chi connectivity index (χ2v) is 9.90. The Bertz CT molecular complexity index is 738. The van der Waals surface area contributed by atoms with E-state index >= 15 is 0 Å². The van der Waals surface area contributed by atoms with Gasteiger partial charge in [-0.2, -0.15) is 0 Å². The van der Waals surface area contributed by atoms with E-state index in [4.69, 9.17) is 11.5 Å². The predicted molar refractivity (Wildman–Crippen MR) is 141 cm³/mol. The zero-order valence-corrected chi connectivity index (χ0v) is 22.2. The molecule has 0 aromatic carbocycles. The first-order valence-electron chi connectivity index (χ1n) is 13.4. The summed E-state index contributed by atoms with van der Waals surface area (Å²) in [5.41, 5.74) is 10.7. The molecule has 3 atom stereocenters. The molecule has 8 N–H and O–H groups in total. The van der Waals surface area contributed by atoms with Crippen molar-refractivity contribution >= 4 is 29.6 Å². The number of nitrogens with zero attached hydrogens (tertiary/aromatic N) is 1. The van der Waals surface area contributed by atoms with Gasteiger partial charge in [0.05, 0.1) is 6.54 Å². The molecular formula is C25H47N7O4. The van der Waals surface area contributed by atoms with Gasteiger partial charge in [-0.1, -0.05) is 65.7 Å². The standard InChI is InChI=1S/C25H47N7O4/c1-4-5-6-7-8-9-10-12-18-15-20(33)29-16-21(34)31-19(13-11-14-28-25(26)27)23(35)32-22(17(2)3)24(36)30-18/h17-19,22H,4-16H2,1-3H3,(H,29,33)(H,30,36)(H,31,34)(H,32,35)(H4,26,27,28)/t18?,19-,22?/m0/s1. The van der Waals surface area contributed by atoms with Crippen LogP contribution in [0.3, 0.4) is 0 Å². The van der Waals surface area contributed by atoms with Crippen LogP contribution in [0.15, 0.2) is 4.99 Å². The van der Waals surface area contributed by atoms with Crippen LogP contribution in [0.1, 0.15) is 91.4 Å². The molecular weight excluding hydrogens is 462 g/mol. The molecule has 11 nitrogen and oxygen atoms in total. The van der Waals surface area contributed by atoms with Crippen LogP contribution in [0.4, 0.5) is 0 Å². The number of nitrogens with one attached hydrogen (secondary N) is 4. The van der Waals surface area contributed by atoms with Crippen molar-refractivity contribution in [2.24, 2.45) is 22.4 Å². The molecule has 1 aliphatic heterocycles. The second-order valence-electron chi connectivity index (χ2n) is 9.90. The van der Waals surface area contributed by atoms with Crippen LogP contribution in [0, 0.1) is 5.92 Å². The number of unbranched alkanes of at least 4 members (excludes halogenated alkanes) is 6. The lowest BCUT2D eigenvalue weighted by Gasteiger charge is -2.27. The van der Waals surface area contributed by atoms with Crippen molar-refractivity contribution in [2.75, 3.05) is 13.1 Å². The van der Waals surface area contributed by atoms with Crippen LogP contribution in [-0.4, -0.2) is 60.8 Å². The van der Waals surface area contributed by atoms with Gasteiger partial charge in [0.15, 0.2) is 5.96 Å². The summed E-state index contributed by atoms with van der Waals surface area (Å²) < 4.78 is 0. The Morgan fingerprint density at radius 1 is 0.861 bits per heavy atom. The Labute approximate surface area is 215 Å². The van der Waals surface area contributed by atoms with Crippen LogP contribution in [0.2, 0.25) is 0 Å². The molecule has 4 amide bonds. The number of guanidine groups is 1. The van der Waals surface area contributed by atoms with Gasteiger partial charge in [-0.3, -0.25) is 24.2 Å². The van der Waals surface area contributed by atoms with E-state index < -0.39 is 23.9 Å². The third kappa shape index (κ3) is 13.3. The third-order valence-corrected chi connectivity index (χ3v) is 6.22. The first-order valence-corrected chi connectivity index (χ1v) is 13.4. The lowest BCUT2D eigenvalue weighted by atomic mass is 9.99. The van der Waals surface area contributed by atoms with Crippen molar-refractivity contribution in [3.63, 3.8) is 0 Å². The molecule has 36 heavy (non-hydrogen) atoms. The highest BCUT2D eigenvalue weighted by Gasteiger charge is 2.30. The van der Waals surface area contributed by atoms with Crippen LogP contribution < -0.4 is 32.7 Å². The number of amides is 4. The summed E-state index contributed by atoms with van der Waals surface area (Å²) in [6.07, 6.45) is 9.37. The average Bonchev–Trinajstić information content (AvgIpc) is 2.81. The van der Waals surface area contributed by atoms with Crippen LogP contribution >= 0.6 is 0 Å². The summed E-state index contributed by atoms with van der Waals surface area (Å²) in [7, 11) is 0. The van der Waals surface area contributed by atoms with E-state index in [9.17, 15) is 19.2 Å². The first-order chi connectivity index (χ1) is 17.1. The van der Waals surface area contributed by atoms with Crippen molar-refractivity contribution in [1.29, 1.82) is 0 Å². The number of carbonyl (C=O) groups is 4. The van der Waals surface area contributed by atoms with Crippen molar-refractivity contribution < 1.29 is 19.2 Å². The topological polar surface area (TPSA) is 181 Å². The fourth-order valence-electron chi connectivity index (χ4n) is 4.15. The Hall–Kier alpha value is -2.85. The Morgan fingerprint density at radius 3 is 2.17 bits per heavy atom. The molecule has 1 aliphatic rings. The monoisotopic (exact) mass is 509 g/mol. The Balaban J connectivity index is 2.88. The Morgan fingerprint density at radius 2 is 1.53 bits per heavy atom. The summed E-state index contributed by atoms with van der Waals surface area (Å²) >= 11 is 0. The number of carbonyl (C=O) groups excluding carboxylic acids is 4. The van der Waals surface area contributed by atoms with Gasteiger partial charge < -0.3 is 32.7 Å². The molecule has 2 unspecified atom stereocenters. The molecule has 1 fully saturated rings. The molecule has 0 aromatic rings. The molecule has 0 radical (unpaired) electrons. The number of rotatable bonds is 13. The molecule has 0 aliphatic carbocycles. The minimum Gasteiger partial charge on any atom is -0.370 e. The lowest BCUT2D eigenvalue weighted by Crippen LogP contribution is -2.56. The van der Waals surface area contributed by atoms with Gasteiger partial charge in [0, 0.05) is 19.0 Å². The lowest BCUT2D eigenvalue weighted by molar-refractivity contribution is -0.133. The van der Waals surface area contributed by atoms with Gasteiger partial charge in [0.1, 0.15) is 12.1 Å². The van der Waals surface area contributed by atoms with Gasteiger partial charge >= 0.3 is 0 Å². The summed E-state index contributed by atoms with van der Waals surface area (Å²) in [4.78, 5) is 55.1. The number of hydrogen-bond donors (Lipinski definition) is 6. The van der Waals surface area contributed by atoms with E-state index in [1.165, 1.54) is 25.7 Å². The summed E-state index contributed by atoms with van der Waals surface area (Å²) in [6.45, 7) is 5.92. The molecule has 0 spiro atoms. The molecule has 206 valence electrons. The second kappa shape index (κ2) is 17.6. The zero-order chi connectivity index (χ0) is 26.9. The largest absolute Gasteiger partial charge is 0.370 e. The predicted octanol–water partition coefficient (Wildman–Crippen LogP) is 0.811. The summed E-state index contributed by atoms with van der Waals surface area (Å²) in [5.74, 6) is -1.83. The maximum atomic E-state index is 13.1. The molecule has 0 aromatic heterocycles. The smallest absolute Gasteiger partial charge is 0.243 e. The maximum absolute atomic E-state index is 13.1. The summed E-state index contributed by atoms with van der Waals surface area (Å²) in [6, 6.07) is -2.05. The van der Waals surface area contributed by atoms with E-state index in [1.54, 1.807) is 0 Å². The molecule has 1 heterocycles.